The molecule has 1 aliphatic rings. The van der Waals surface area contributed by atoms with Gasteiger partial charge in [0.1, 0.15) is 121 Å². The molecule has 0 atom stereocenters. The van der Waals surface area contributed by atoms with Gasteiger partial charge in [0.05, 0.1) is 8.95 Å². The summed E-state index contributed by atoms with van der Waals surface area (Å²) in [5.41, 5.74) is 11.2. The van der Waals surface area contributed by atoms with E-state index in [1.165, 1.54) is 19.8 Å². The zero-order valence-corrected chi connectivity index (χ0v) is 75.1. The molecule has 18 nitrogen and oxygen atoms in total. The predicted octanol–water partition coefficient (Wildman–Crippen LogP) is 14.5. The summed E-state index contributed by atoms with van der Waals surface area (Å²) in [7, 11) is -2.34. The fourth-order valence-electron chi connectivity index (χ4n) is 10.8. The minimum Gasteiger partial charge on any atom is -1.00 e. The molecule has 0 saturated carbocycles. The van der Waals surface area contributed by atoms with Crippen molar-refractivity contribution in [3.63, 3.8) is 0 Å². The zero-order valence-electron chi connectivity index (χ0n) is 68.8. The molecule has 0 amide bonds. The molecule has 0 bridgehead atoms. The van der Waals surface area contributed by atoms with Crippen LogP contribution in [0, 0.1) is 0 Å². The fraction of sp³-hybridized carbons (Fsp3) is 0.155. The fourth-order valence-corrected chi connectivity index (χ4v) is 11.6. The molecule has 628 valence electrons. The summed E-state index contributed by atoms with van der Waals surface area (Å²) in [6, 6.07) is 90.1. The molecule has 1 aliphatic heterocycles. The van der Waals surface area contributed by atoms with Gasteiger partial charge in [-0.1, -0.05) is 256 Å². The monoisotopic (exact) mass is 1820 g/mol. The van der Waals surface area contributed by atoms with Gasteiger partial charge in [0.25, 0.3) is 0 Å². The molecular weight excluding hydrogens is 1730 g/mol. The van der Waals surface area contributed by atoms with Crippen molar-refractivity contribution in [3.8, 4) is 46.0 Å². The van der Waals surface area contributed by atoms with Crippen LogP contribution >= 0.6 is 31.9 Å². The van der Waals surface area contributed by atoms with E-state index in [9.17, 15) is 32.9 Å². The van der Waals surface area contributed by atoms with Gasteiger partial charge in [-0.3, -0.25) is 8.63 Å². The van der Waals surface area contributed by atoms with Crippen LogP contribution in [-0.2, 0) is 67.1 Å². The van der Waals surface area contributed by atoms with E-state index in [-0.39, 0.29) is 133 Å². The largest absolute Gasteiger partial charge is 1.00 e. The molecular formula is C97H92BBr2F3KLiO18. The Morgan fingerprint density at radius 2 is 0.593 bits per heavy atom. The number of carboxylic acid groups (broad SMARTS) is 2. The average Bonchev–Trinajstić information content (AvgIpc) is 0.995. The topological polar surface area (TPSA) is 262 Å². The Hall–Kier alpha value is -10.9. The minimum absolute atomic E-state index is 0. The van der Waals surface area contributed by atoms with Gasteiger partial charge in [-0.15, -0.1) is 6.58 Å². The van der Waals surface area contributed by atoms with Gasteiger partial charge < -0.3 is 73.2 Å². The average molecular weight is 1820 g/mol. The van der Waals surface area contributed by atoms with Crippen molar-refractivity contribution in [2.24, 2.45) is 0 Å². The van der Waals surface area contributed by atoms with Crippen molar-refractivity contribution in [1.29, 1.82) is 0 Å². The van der Waals surface area contributed by atoms with Crippen molar-refractivity contribution in [3.05, 3.63) is 403 Å². The molecule has 13 rings (SSSR count). The van der Waals surface area contributed by atoms with Crippen molar-refractivity contribution in [1.82, 2.24) is 0 Å². The van der Waals surface area contributed by atoms with Crippen LogP contribution in [0.3, 0.4) is 0 Å². The summed E-state index contributed by atoms with van der Waals surface area (Å²) in [5.74, 6) is -1.07. The third kappa shape index (κ3) is 36.6. The number of esters is 2. The summed E-state index contributed by atoms with van der Waals surface area (Å²) in [4.78, 5) is 48.2. The quantitative estimate of drug-likeness (QED) is 0.0251. The first-order valence-electron chi connectivity index (χ1n) is 37.6. The Morgan fingerprint density at radius 3 is 0.854 bits per heavy atom. The number of aromatic carboxylic acids is 2. The molecule has 12 aromatic carbocycles. The second-order valence-corrected chi connectivity index (χ2v) is 28.4. The van der Waals surface area contributed by atoms with Crippen LogP contribution in [0.2, 0.25) is 0 Å². The first kappa shape index (κ1) is 104. The van der Waals surface area contributed by atoms with Gasteiger partial charge in [0, 0.05) is 48.6 Å². The Balaban J connectivity index is 0.000000338. The summed E-state index contributed by atoms with van der Waals surface area (Å²) >= 11 is 6.45. The molecule has 1 fully saturated rings. The number of carbonyl (C=O) groups is 4. The molecule has 0 radical (unpaired) electrons. The van der Waals surface area contributed by atoms with Crippen LogP contribution in [-0.4, -0.2) is 70.3 Å². The number of hydrogen-bond donors (Lipinski definition) is 4. The Kier molecular flexibility index (Phi) is 48.2. The predicted molar refractivity (Wildman–Crippen MR) is 468 cm³/mol. The van der Waals surface area contributed by atoms with Crippen molar-refractivity contribution >= 4 is 74.2 Å². The van der Waals surface area contributed by atoms with E-state index in [0.717, 1.165) is 86.6 Å². The van der Waals surface area contributed by atoms with Crippen LogP contribution in [0.5, 0.6) is 46.0 Å². The van der Waals surface area contributed by atoms with Crippen molar-refractivity contribution in [2.45, 2.75) is 86.5 Å². The number of benzene rings is 12. The summed E-state index contributed by atoms with van der Waals surface area (Å²) in [6.07, 6.45) is 2.56. The van der Waals surface area contributed by atoms with Crippen LogP contribution < -0.4 is 103 Å². The van der Waals surface area contributed by atoms with Crippen molar-refractivity contribution < 1.29 is 171 Å². The van der Waals surface area contributed by atoms with E-state index in [4.69, 9.17) is 58.0 Å². The van der Waals surface area contributed by atoms with E-state index in [1.54, 1.807) is 36.4 Å². The van der Waals surface area contributed by atoms with Crippen LogP contribution in [0.1, 0.15) is 131 Å². The zero-order chi connectivity index (χ0) is 85.3. The van der Waals surface area contributed by atoms with Gasteiger partial charge in [-0.2, -0.15) is 0 Å². The number of carboxylic acids is 2. The molecule has 0 spiro atoms. The van der Waals surface area contributed by atoms with E-state index >= 15 is 0 Å². The minimum atomic E-state index is -2.34. The van der Waals surface area contributed by atoms with Crippen LogP contribution in [0.15, 0.2) is 325 Å². The maximum absolute atomic E-state index is 13.1. The first-order chi connectivity index (χ1) is 57.5. The van der Waals surface area contributed by atoms with E-state index < -0.39 is 36.9 Å². The van der Waals surface area contributed by atoms with E-state index in [1.807, 2.05) is 257 Å². The number of halogens is 5. The standard InChI is InChI=1S/C31H28O4.C28H23BrO4.C24H22O4.C7H5BrO4.C4H8O.C3H5BF2.FH.K.Li.H2O/c1-23(2)27-18-28(31(32)35-22-26-16-10-5-11-17-26)30(34-21-25-14-8-4-9-15-25)19-29(27)33-20-24-12-6-3-7-13-24;29-25-16-24(28(30)33-20-23-14-8-3-9-15-23)26(31-18-21-10-4-1-5-11-21)17-27(25)32-19-22-12-6-2-7-13-22;1-17(2)20-13-21(24(25)26)23(28-16-19-11-7-4-8-12-19)14-22(20)27-15-18-9-5-3-6-10-18;8-4-1-3(7(11)12)5(9)2-6(4)10;1-2-4-5-3-1;1-3(2)4(5)6;;;;/h3-19H,1,20-22H2,2H3;1-17H,18-20H2;3-14H,1,15-16H2,2H3,(H,25,26);1-2,9-10H,(H,11,12);1-4H2;1H2,2H3;1H;;;1H2/q;;;;;;;2*+1;/p-2. The number of phenolic OH excluding ortho intramolecular Hbond substituents is 1. The summed E-state index contributed by atoms with van der Waals surface area (Å²) in [5, 5.41) is 36.2. The number of allylic oxidation sites excluding steroid dienone is 3. The molecule has 0 unspecified atom stereocenters. The molecule has 12 aromatic rings. The second-order valence-electron chi connectivity index (χ2n) is 26.7. The van der Waals surface area contributed by atoms with Gasteiger partial charge in [-0.05, 0) is 151 Å². The second kappa shape index (κ2) is 56.7. The van der Waals surface area contributed by atoms with Gasteiger partial charge in [0.15, 0.2) is 0 Å². The number of carbonyl (C=O) groups excluding carboxylic acids is 2. The molecule has 1 heterocycles. The maximum Gasteiger partial charge on any atom is 1.00 e. The first-order valence-corrected chi connectivity index (χ1v) is 39.2. The molecule has 0 aliphatic carbocycles. The Bertz CT molecular complexity index is 5170. The summed E-state index contributed by atoms with van der Waals surface area (Å²) in [6.45, 7) is 20.4. The number of phenols is 2. The maximum atomic E-state index is 13.1. The Labute approximate surface area is 786 Å². The van der Waals surface area contributed by atoms with E-state index in [2.05, 4.69) is 51.6 Å². The van der Waals surface area contributed by atoms with Gasteiger partial charge in [0.2, 0.25) is 0 Å². The number of hydrogen-bond acceptors (Lipinski definition) is 16. The molecule has 0 aromatic heterocycles. The van der Waals surface area contributed by atoms with E-state index in [0.29, 0.717) is 82.9 Å². The molecule has 123 heavy (non-hydrogen) atoms. The third-order valence-corrected chi connectivity index (χ3v) is 18.4. The molecule has 1 saturated heterocycles. The van der Waals surface area contributed by atoms with Crippen LogP contribution in [0.25, 0.3) is 11.1 Å². The summed E-state index contributed by atoms with van der Waals surface area (Å²) < 4.78 is 75.2. The third-order valence-electron chi connectivity index (χ3n) is 17.1. The van der Waals surface area contributed by atoms with Crippen LogP contribution in [0.4, 0.5) is 8.63 Å². The number of ether oxygens (including phenoxy) is 9. The SMILES string of the molecule is C1CCOC1.C=C(C)B(F)F.C=C(C)c1cc(C(=O)O)c(OCc2ccccc2)cc1OCc1ccccc1.C=C(C)c1cc(C(=O)OCc2ccccc2)c(OCc2ccccc2)cc1OCc1ccccc1.O=C(O)c1cc(Br)c(O)cc1O.O=C(OCc1ccccc1)c1cc(Br)c(OCc2ccccc2)cc1OCc1ccccc1.[F-].[K+].[Li+].[OH-]. The smallest absolute Gasteiger partial charge is 1.00 e. The van der Waals surface area contributed by atoms with Gasteiger partial charge >= 0.3 is 101 Å². The van der Waals surface area contributed by atoms with Gasteiger partial charge in [-0.25, -0.2) is 19.2 Å². The molecule has 26 heteroatoms. The number of aromatic hydroxyl groups is 2. The normalized spacial score (nSPS) is 10.4. The molecule has 5 N–H and O–H groups in total. The Morgan fingerprint density at radius 1 is 0.358 bits per heavy atom. The van der Waals surface area contributed by atoms with Crippen molar-refractivity contribution in [2.75, 3.05) is 13.2 Å². The number of rotatable bonds is 29.